The number of hydrogen-bond donors (Lipinski definition) is 0. The molecule has 0 bridgehead atoms. The van der Waals surface area contributed by atoms with Gasteiger partial charge in [0.15, 0.2) is 0 Å². The summed E-state index contributed by atoms with van der Waals surface area (Å²) < 4.78 is 5.12. The molecule has 1 saturated heterocycles. The molecule has 0 N–H and O–H groups in total. The van der Waals surface area contributed by atoms with Crippen molar-refractivity contribution in [1.82, 2.24) is 19.9 Å². The quantitative estimate of drug-likeness (QED) is 0.783. The first-order chi connectivity index (χ1) is 11.7. The van der Waals surface area contributed by atoms with Crippen LogP contribution in [-0.4, -0.2) is 77.3 Å². The molecule has 3 amide bonds. The minimum Gasteiger partial charge on any atom is -0.361 e. The van der Waals surface area contributed by atoms with Gasteiger partial charge in [-0.3, -0.25) is 14.4 Å². The predicted octanol–water partition coefficient (Wildman–Crippen LogP) is 0.372. The molecule has 8 nitrogen and oxygen atoms in total. The standard InChI is InChI=1S/C17H26N4O4/c1-11-14(12(2)25-18-11)6-7-16(23)21-9-8-20(13(3)22)10-15(21)17(24)19(4)5/h15H,6-10H2,1-5H3. The third-order valence-electron chi connectivity index (χ3n) is 4.64. The van der Waals surface area contributed by atoms with Gasteiger partial charge >= 0.3 is 0 Å². The molecule has 0 aromatic carbocycles. The first-order valence-electron chi connectivity index (χ1n) is 8.40. The van der Waals surface area contributed by atoms with Gasteiger partial charge in [0.2, 0.25) is 17.7 Å². The van der Waals surface area contributed by atoms with Crippen LogP contribution >= 0.6 is 0 Å². The first-order valence-corrected chi connectivity index (χ1v) is 8.40. The summed E-state index contributed by atoms with van der Waals surface area (Å²) in [6.07, 6.45) is 0.802. The number of hydrogen-bond acceptors (Lipinski definition) is 5. The molecule has 1 fully saturated rings. The summed E-state index contributed by atoms with van der Waals surface area (Å²) in [6.45, 7) is 6.20. The molecule has 0 aliphatic carbocycles. The van der Waals surface area contributed by atoms with Crippen molar-refractivity contribution in [2.24, 2.45) is 0 Å². The molecule has 1 aliphatic rings. The van der Waals surface area contributed by atoms with Gasteiger partial charge in [-0.2, -0.15) is 0 Å². The van der Waals surface area contributed by atoms with E-state index < -0.39 is 6.04 Å². The summed E-state index contributed by atoms with van der Waals surface area (Å²) in [7, 11) is 3.31. The Morgan fingerprint density at radius 3 is 2.44 bits per heavy atom. The van der Waals surface area contributed by atoms with Crippen molar-refractivity contribution >= 4 is 17.7 Å². The summed E-state index contributed by atoms with van der Waals surface area (Å²) >= 11 is 0. The monoisotopic (exact) mass is 350 g/mol. The molecular formula is C17H26N4O4. The van der Waals surface area contributed by atoms with Crippen LogP contribution in [0.2, 0.25) is 0 Å². The van der Waals surface area contributed by atoms with Gasteiger partial charge in [-0.15, -0.1) is 0 Å². The molecule has 8 heteroatoms. The summed E-state index contributed by atoms with van der Waals surface area (Å²) in [5.41, 5.74) is 1.72. The summed E-state index contributed by atoms with van der Waals surface area (Å²) in [6, 6.07) is -0.634. The number of carbonyl (C=O) groups is 3. The fraction of sp³-hybridized carbons (Fsp3) is 0.647. The third-order valence-corrected chi connectivity index (χ3v) is 4.64. The second kappa shape index (κ2) is 7.67. The Kier molecular flexibility index (Phi) is 5.81. The molecule has 2 heterocycles. The lowest BCUT2D eigenvalue weighted by Crippen LogP contribution is -2.61. The van der Waals surface area contributed by atoms with E-state index in [1.165, 1.54) is 11.8 Å². The minimum atomic E-state index is -0.634. The highest BCUT2D eigenvalue weighted by atomic mass is 16.5. The van der Waals surface area contributed by atoms with E-state index in [1.54, 1.807) is 23.9 Å². The molecule has 1 aromatic rings. The number of aryl methyl sites for hydroxylation is 2. The van der Waals surface area contributed by atoms with Crippen LogP contribution in [0.3, 0.4) is 0 Å². The molecule has 0 radical (unpaired) electrons. The maximum atomic E-state index is 12.7. The summed E-state index contributed by atoms with van der Waals surface area (Å²) in [5, 5.41) is 3.90. The van der Waals surface area contributed by atoms with Gasteiger partial charge in [0, 0.05) is 46.1 Å². The number of likely N-dealkylation sites (N-methyl/N-ethyl adjacent to an activating group) is 1. The van der Waals surface area contributed by atoms with Gasteiger partial charge < -0.3 is 19.2 Å². The molecule has 25 heavy (non-hydrogen) atoms. The van der Waals surface area contributed by atoms with Gasteiger partial charge in [0.1, 0.15) is 11.8 Å². The van der Waals surface area contributed by atoms with E-state index in [2.05, 4.69) is 5.16 Å². The highest BCUT2D eigenvalue weighted by molar-refractivity contribution is 5.89. The lowest BCUT2D eigenvalue weighted by molar-refractivity contribution is -0.151. The Morgan fingerprint density at radius 1 is 1.24 bits per heavy atom. The van der Waals surface area contributed by atoms with E-state index >= 15 is 0 Å². The lowest BCUT2D eigenvalue weighted by atomic mass is 10.1. The van der Waals surface area contributed by atoms with Crippen LogP contribution in [0.15, 0.2) is 4.52 Å². The van der Waals surface area contributed by atoms with Crippen molar-refractivity contribution in [3.05, 3.63) is 17.0 Å². The fourth-order valence-corrected chi connectivity index (χ4v) is 3.11. The number of aromatic nitrogens is 1. The third kappa shape index (κ3) is 4.18. The van der Waals surface area contributed by atoms with Crippen LogP contribution in [0.5, 0.6) is 0 Å². The maximum absolute atomic E-state index is 12.7. The Balaban J connectivity index is 2.10. The van der Waals surface area contributed by atoms with Crippen LogP contribution in [0.4, 0.5) is 0 Å². The van der Waals surface area contributed by atoms with Crippen LogP contribution in [-0.2, 0) is 20.8 Å². The van der Waals surface area contributed by atoms with Gasteiger partial charge in [-0.05, 0) is 20.3 Å². The Hall–Kier alpha value is -2.38. The average Bonchev–Trinajstić information content (AvgIpc) is 2.89. The zero-order valence-corrected chi connectivity index (χ0v) is 15.5. The van der Waals surface area contributed by atoms with E-state index in [4.69, 9.17) is 4.52 Å². The van der Waals surface area contributed by atoms with Crippen molar-refractivity contribution in [1.29, 1.82) is 0 Å². The molecular weight excluding hydrogens is 324 g/mol. The van der Waals surface area contributed by atoms with Crippen molar-refractivity contribution in [2.75, 3.05) is 33.7 Å². The predicted molar refractivity (Wildman–Crippen MR) is 90.7 cm³/mol. The van der Waals surface area contributed by atoms with Crippen molar-refractivity contribution < 1.29 is 18.9 Å². The van der Waals surface area contributed by atoms with Crippen LogP contribution in [0.1, 0.15) is 30.4 Å². The van der Waals surface area contributed by atoms with E-state index in [9.17, 15) is 14.4 Å². The normalized spacial score (nSPS) is 17.6. The van der Waals surface area contributed by atoms with E-state index in [1.807, 2.05) is 13.8 Å². The second-order valence-corrected chi connectivity index (χ2v) is 6.60. The topological polar surface area (TPSA) is 87.0 Å². The Morgan fingerprint density at radius 2 is 1.92 bits per heavy atom. The fourth-order valence-electron chi connectivity index (χ4n) is 3.11. The van der Waals surface area contributed by atoms with Gasteiger partial charge in [0.05, 0.1) is 12.2 Å². The molecule has 2 rings (SSSR count). The average molecular weight is 350 g/mol. The lowest BCUT2D eigenvalue weighted by Gasteiger charge is -2.41. The van der Waals surface area contributed by atoms with Crippen molar-refractivity contribution in [3.8, 4) is 0 Å². The number of carbonyl (C=O) groups excluding carboxylic acids is 3. The second-order valence-electron chi connectivity index (χ2n) is 6.60. The van der Waals surface area contributed by atoms with Gasteiger partial charge in [0.25, 0.3) is 0 Å². The maximum Gasteiger partial charge on any atom is 0.246 e. The van der Waals surface area contributed by atoms with Crippen LogP contribution in [0.25, 0.3) is 0 Å². The number of nitrogens with zero attached hydrogens (tertiary/aromatic N) is 4. The smallest absolute Gasteiger partial charge is 0.246 e. The van der Waals surface area contributed by atoms with E-state index in [0.29, 0.717) is 25.3 Å². The minimum absolute atomic E-state index is 0.0839. The highest BCUT2D eigenvalue weighted by Gasteiger charge is 2.36. The van der Waals surface area contributed by atoms with E-state index in [-0.39, 0.29) is 30.7 Å². The highest BCUT2D eigenvalue weighted by Crippen LogP contribution is 2.18. The van der Waals surface area contributed by atoms with Gasteiger partial charge in [-0.25, -0.2) is 0 Å². The molecule has 0 spiro atoms. The SMILES string of the molecule is CC(=O)N1CCN(C(=O)CCc2c(C)noc2C)C(C(=O)N(C)C)C1. The summed E-state index contributed by atoms with van der Waals surface area (Å²) in [5.74, 6) is 0.368. The first kappa shape index (κ1) is 19.0. The molecule has 1 atom stereocenters. The zero-order chi connectivity index (χ0) is 18.7. The molecule has 1 unspecified atom stereocenters. The number of amides is 3. The number of piperazine rings is 1. The molecule has 1 aliphatic heterocycles. The van der Waals surface area contributed by atoms with Crippen LogP contribution < -0.4 is 0 Å². The Labute approximate surface area is 147 Å². The largest absolute Gasteiger partial charge is 0.361 e. The van der Waals surface area contributed by atoms with Crippen molar-refractivity contribution in [2.45, 2.75) is 39.7 Å². The Bertz CT molecular complexity index is 648. The molecule has 138 valence electrons. The number of rotatable bonds is 4. The summed E-state index contributed by atoms with van der Waals surface area (Å²) in [4.78, 5) is 41.5. The van der Waals surface area contributed by atoms with E-state index in [0.717, 1.165) is 11.3 Å². The van der Waals surface area contributed by atoms with Gasteiger partial charge in [-0.1, -0.05) is 5.16 Å². The van der Waals surface area contributed by atoms with Crippen LogP contribution in [0, 0.1) is 13.8 Å². The molecule has 0 saturated carbocycles. The van der Waals surface area contributed by atoms with Crippen molar-refractivity contribution in [3.63, 3.8) is 0 Å². The molecule has 1 aromatic heterocycles. The zero-order valence-electron chi connectivity index (χ0n) is 15.5.